The third-order valence-electron chi connectivity index (χ3n) is 4.63. The van der Waals surface area contributed by atoms with Crippen LogP contribution in [-0.2, 0) is 11.2 Å². The van der Waals surface area contributed by atoms with E-state index in [0.29, 0.717) is 30.6 Å². The Morgan fingerprint density at radius 2 is 2.08 bits per heavy atom. The molecule has 1 atom stereocenters. The monoisotopic (exact) mass is 338 g/mol. The maximum Gasteiger partial charge on any atom is 0.257 e. The summed E-state index contributed by atoms with van der Waals surface area (Å²) in [7, 11) is 1.69. The molecule has 0 saturated carbocycles. The highest BCUT2D eigenvalue weighted by atomic mass is 16.2. The lowest BCUT2D eigenvalue weighted by Gasteiger charge is -2.37. The number of aryl methyl sites for hydroxylation is 1. The number of likely N-dealkylation sites (N-methyl/N-ethyl adjacent to an activating group) is 1. The number of carbonyl (C=O) groups is 2. The van der Waals surface area contributed by atoms with Crippen LogP contribution in [0.5, 0.6) is 0 Å². The number of anilines is 1. The molecule has 3 rings (SSSR count). The van der Waals surface area contributed by atoms with E-state index in [-0.39, 0.29) is 11.8 Å². The zero-order chi connectivity index (χ0) is 17.8. The molecule has 0 bridgehead atoms. The number of amides is 2. The van der Waals surface area contributed by atoms with Gasteiger partial charge in [0.05, 0.1) is 11.3 Å². The van der Waals surface area contributed by atoms with E-state index in [4.69, 9.17) is 0 Å². The number of hydrogen-bond donors (Lipinski definition) is 0. The standard InChI is InChI=1S/C19H22N4O2/c1-3-16-15(12-20-13-21-16)18(24)22(2)17-10-7-11-23(19(17)25)14-8-5-4-6-9-14/h4-6,8-9,12-13,17H,3,7,10-11H2,1-2H3. The zero-order valence-electron chi connectivity index (χ0n) is 14.6. The lowest BCUT2D eigenvalue weighted by atomic mass is 10.0. The van der Waals surface area contributed by atoms with Crippen molar-refractivity contribution < 1.29 is 9.59 Å². The fourth-order valence-electron chi connectivity index (χ4n) is 3.23. The number of para-hydroxylation sites is 1. The van der Waals surface area contributed by atoms with Gasteiger partial charge in [0.15, 0.2) is 0 Å². The topological polar surface area (TPSA) is 66.4 Å². The molecule has 130 valence electrons. The van der Waals surface area contributed by atoms with E-state index in [2.05, 4.69) is 9.97 Å². The van der Waals surface area contributed by atoms with Crippen molar-refractivity contribution >= 4 is 17.5 Å². The van der Waals surface area contributed by atoms with Crippen LogP contribution in [-0.4, -0.2) is 46.3 Å². The molecule has 1 fully saturated rings. The number of hydrogen-bond acceptors (Lipinski definition) is 4. The third-order valence-corrected chi connectivity index (χ3v) is 4.63. The van der Waals surface area contributed by atoms with Gasteiger partial charge in [-0.2, -0.15) is 0 Å². The fraction of sp³-hybridized carbons (Fsp3) is 0.368. The van der Waals surface area contributed by atoms with Gasteiger partial charge < -0.3 is 9.80 Å². The Bertz CT molecular complexity index is 763. The first-order valence-electron chi connectivity index (χ1n) is 8.56. The van der Waals surface area contributed by atoms with Crippen LogP contribution in [0.2, 0.25) is 0 Å². The van der Waals surface area contributed by atoms with Crippen molar-refractivity contribution in [3.05, 3.63) is 54.1 Å². The zero-order valence-corrected chi connectivity index (χ0v) is 14.6. The summed E-state index contributed by atoms with van der Waals surface area (Å²) in [5.74, 6) is -0.242. The van der Waals surface area contributed by atoms with Crippen LogP contribution in [0.25, 0.3) is 0 Å². The lowest BCUT2D eigenvalue weighted by Crippen LogP contribution is -2.53. The molecule has 0 spiro atoms. The maximum absolute atomic E-state index is 13.0. The Hall–Kier alpha value is -2.76. The van der Waals surface area contributed by atoms with Crippen molar-refractivity contribution in [2.45, 2.75) is 32.2 Å². The lowest BCUT2D eigenvalue weighted by molar-refractivity contribution is -0.124. The minimum atomic E-state index is -0.466. The molecule has 2 amide bonds. The number of nitrogens with zero attached hydrogens (tertiary/aromatic N) is 4. The predicted molar refractivity (Wildman–Crippen MR) is 95.3 cm³/mol. The summed E-state index contributed by atoms with van der Waals surface area (Å²) in [6.45, 7) is 2.62. The van der Waals surface area contributed by atoms with Crippen LogP contribution in [0, 0.1) is 0 Å². The highest BCUT2D eigenvalue weighted by Gasteiger charge is 2.35. The summed E-state index contributed by atoms with van der Waals surface area (Å²) >= 11 is 0. The van der Waals surface area contributed by atoms with E-state index in [1.165, 1.54) is 17.4 Å². The summed E-state index contributed by atoms with van der Waals surface area (Å²) < 4.78 is 0. The Morgan fingerprint density at radius 3 is 2.80 bits per heavy atom. The Labute approximate surface area is 147 Å². The SMILES string of the molecule is CCc1ncncc1C(=O)N(C)C1CCCN(c2ccccc2)C1=O. The summed E-state index contributed by atoms with van der Waals surface area (Å²) in [6, 6.07) is 9.12. The van der Waals surface area contributed by atoms with E-state index in [1.807, 2.05) is 37.3 Å². The molecule has 1 aliphatic heterocycles. The van der Waals surface area contributed by atoms with Gasteiger partial charge in [-0.05, 0) is 31.4 Å². The van der Waals surface area contributed by atoms with E-state index < -0.39 is 6.04 Å². The molecule has 6 nitrogen and oxygen atoms in total. The number of rotatable bonds is 4. The van der Waals surface area contributed by atoms with E-state index in [1.54, 1.807) is 11.9 Å². The van der Waals surface area contributed by atoms with Gasteiger partial charge in [-0.3, -0.25) is 9.59 Å². The molecule has 25 heavy (non-hydrogen) atoms. The second-order valence-electron chi connectivity index (χ2n) is 6.14. The van der Waals surface area contributed by atoms with Crippen molar-refractivity contribution in [2.24, 2.45) is 0 Å². The van der Waals surface area contributed by atoms with Gasteiger partial charge in [0.1, 0.15) is 12.4 Å². The van der Waals surface area contributed by atoms with Gasteiger partial charge in [0.25, 0.3) is 5.91 Å². The molecule has 1 aromatic heterocycles. The summed E-state index contributed by atoms with van der Waals surface area (Å²) in [5, 5.41) is 0. The predicted octanol–water partition coefficient (Wildman–Crippen LogP) is 2.31. The summed E-state index contributed by atoms with van der Waals surface area (Å²) in [5.41, 5.74) is 2.04. The summed E-state index contributed by atoms with van der Waals surface area (Å²) in [4.78, 5) is 37.3. The number of benzene rings is 1. The molecule has 6 heteroatoms. The molecular formula is C19H22N4O2. The molecule has 1 saturated heterocycles. The smallest absolute Gasteiger partial charge is 0.257 e. The Morgan fingerprint density at radius 1 is 1.32 bits per heavy atom. The second kappa shape index (κ2) is 7.42. The van der Waals surface area contributed by atoms with Crippen LogP contribution in [0.1, 0.15) is 35.8 Å². The molecule has 1 aromatic carbocycles. The van der Waals surface area contributed by atoms with Gasteiger partial charge >= 0.3 is 0 Å². The van der Waals surface area contributed by atoms with Crippen LogP contribution in [0.3, 0.4) is 0 Å². The van der Waals surface area contributed by atoms with Crippen molar-refractivity contribution in [3.63, 3.8) is 0 Å². The maximum atomic E-state index is 13.0. The minimum absolute atomic E-state index is 0.0387. The van der Waals surface area contributed by atoms with E-state index in [0.717, 1.165) is 12.1 Å². The van der Waals surface area contributed by atoms with Crippen LogP contribution < -0.4 is 4.90 Å². The second-order valence-corrected chi connectivity index (χ2v) is 6.14. The van der Waals surface area contributed by atoms with Gasteiger partial charge in [-0.1, -0.05) is 25.1 Å². The first-order chi connectivity index (χ1) is 12.1. The van der Waals surface area contributed by atoms with Gasteiger partial charge in [0, 0.05) is 25.5 Å². The number of aromatic nitrogens is 2. The highest BCUT2D eigenvalue weighted by molar-refractivity contribution is 6.03. The van der Waals surface area contributed by atoms with Crippen LogP contribution in [0.4, 0.5) is 5.69 Å². The third kappa shape index (κ3) is 3.38. The van der Waals surface area contributed by atoms with Gasteiger partial charge in [0.2, 0.25) is 5.91 Å². The van der Waals surface area contributed by atoms with Gasteiger partial charge in [-0.25, -0.2) is 9.97 Å². The van der Waals surface area contributed by atoms with Crippen molar-refractivity contribution in [3.8, 4) is 0 Å². The minimum Gasteiger partial charge on any atom is -0.330 e. The van der Waals surface area contributed by atoms with Crippen molar-refractivity contribution in [2.75, 3.05) is 18.5 Å². The van der Waals surface area contributed by atoms with Crippen LogP contribution in [0.15, 0.2) is 42.9 Å². The molecule has 0 aliphatic carbocycles. The molecule has 0 radical (unpaired) electrons. The first kappa shape index (κ1) is 17.1. The molecule has 2 heterocycles. The molecule has 1 aliphatic rings. The first-order valence-corrected chi connectivity index (χ1v) is 8.56. The van der Waals surface area contributed by atoms with Crippen LogP contribution >= 0.6 is 0 Å². The Balaban J connectivity index is 1.83. The number of piperidine rings is 1. The van der Waals surface area contributed by atoms with Gasteiger partial charge in [-0.15, -0.1) is 0 Å². The fourth-order valence-corrected chi connectivity index (χ4v) is 3.23. The molecule has 2 aromatic rings. The normalized spacial score (nSPS) is 17.4. The van der Waals surface area contributed by atoms with Crippen molar-refractivity contribution in [1.82, 2.24) is 14.9 Å². The van der Waals surface area contributed by atoms with Crippen molar-refractivity contribution in [1.29, 1.82) is 0 Å². The molecule has 0 N–H and O–H groups in total. The van der Waals surface area contributed by atoms with E-state index in [9.17, 15) is 9.59 Å². The average Bonchev–Trinajstić information content (AvgIpc) is 2.67. The largest absolute Gasteiger partial charge is 0.330 e. The molecular weight excluding hydrogens is 316 g/mol. The quantitative estimate of drug-likeness (QED) is 0.858. The average molecular weight is 338 g/mol. The number of carbonyl (C=O) groups excluding carboxylic acids is 2. The Kier molecular flexibility index (Phi) is 5.07. The molecule has 1 unspecified atom stereocenters. The summed E-state index contributed by atoms with van der Waals surface area (Å²) in [6.07, 6.45) is 5.14. The highest BCUT2D eigenvalue weighted by Crippen LogP contribution is 2.24. The van der Waals surface area contributed by atoms with E-state index >= 15 is 0 Å².